The van der Waals surface area contributed by atoms with Gasteiger partial charge in [0.2, 0.25) is 0 Å². The van der Waals surface area contributed by atoms with Crippen molar-refractivity contribution in [2.24, 2.45) is 0 Å². The number of nitrogens with zero attached hydrogens (tertiary/aromatic N) is 1. The van der Waals surface area contributed by atoms with Gasteiger partial charge in [-0.15, -0.1) is 0 Å². The van der Waals surface area contributed by atoms with Crippen molar-refractivity contribution in [3.8, 4) is 0 Å². The number of halogens is 1. The minimum atomic E-state index is -1.75. The Morgan fingerprint density at radius 2 is 1.88 bits per heavy atom. The lowest BCUT2D eigenvalue weighted by Crippen LogP contribution is -2.33. The van der Waals surface area contributed by atoms with Crippen LogP contribution in [-0.2, 0) is 6.54 Å². The first kappa shape index (κ1) is 13.2. The molecule has 0 saturated heterocycles. The van der Waals surface area contributed by atoms with Crippen molar-refractivity contribution in [1.82, 2.24) is 4.90 Å². The smallest absolute Gasteiger partial charge is 0.423 e. The summed E-state index contributed by atoms with van der Waals surface area (Å²) in [5, 5.41) is 18.0. The molecule has 0 atom stereocenters. The third-order valence-corrected chi connectivity index (χ3v) is 2.64. The van der Waals surface area contributed by atoms with Gasteiger partial charge in [0.05, 0.1) is 0 Å². The van der Waals surface area contributed by atoms with Crippen LogP contribution >= 0.6 is 0 Å². The first-order chi connectivity index (χ1) is 7.58. The van der Waals surface area contributed by atoms with E-state index in [1.54, 1.807) is 6.07 Å². The monoisotopic (exact) mass is 225 g/mol. The highest BCUT2D eigenvalue weighted by atomic mass is 19.1. The second-order valence-electron chi connectivity index (χ2n) is 3.69. The summed E-state index contributed by atoms with van der Waals surface area (Å²) in [6, 6.07) is 4.44. The highest BCUT2D eigenvalue weighted by molar-refractivity contribution is 6.58. The largest absolute Gasteiger partial charge is 0.491 e. The van der Waals surface area contributed by atoms with E-state index in [0.29, 0.717) is 6.54 Å². The normalized spacial score (nSPS) is 10.9. The van der Waals surface area contributed by atoms with Crippen LogP contribution in [0.5, 0.6) is 0 Å². The summed E-state index contributed by atoms with van der Waals surface area (Å²) < 4.78 is 13.2. The Morgan fingerprint density at radius 3 is 2.38 bits per heavy atom. The van der Waals surface area contributed by atoms with Crippen molar-refractivity contribution < 1.29 is 14.4 Å². The summed E-state index contributed by atoms with van der Waals surface area (Å²) in [7, 11) is -1.75. The molecule has 0 radical (unpaired) electrons. The second-order valence-corrected chi connectivity index (χ2v) is 3.69. The van der Waals surface area contributed by atoms with E-state index < -0.39 is 12.9 Å². The third-order valence-electron chi connectivity index (χ3n) is 2.64. The Hall–Kier alpha value is -0.905. The van der Waals surface area contributed by atoms with Gasteiger partial charge < -0.3 is 10.0 Å². The molecule has 5 heteroatoms. The lowest BCUT2D eigenvalue weighted by molar-refractivity contribution is 0.296. The van der Waals surface area contributed by atoms with Crippen molar-refractivity contribution in [2.75, 3.05) is 13.1 Å². The van der Waals surface area contributed by atoms with E-state index in [-0.39, 0.29) is 5.46 Å². The second kappa shape index (κ2) is 5.99. The van der Waals surface area contributed by atoms with E-state index >= 15 is 0 Å². The molecule has 0 fully saturated rings. The highest BCUT2D eigenvalue weighted by Crippen LogP contribution is 2.05. The molecule has 0 aliphatic carbocycles. The zero-order chi connectivity index (χ0) is 12.1. The molecule has 0 heterocycles. The molecule has 0 saturated carbocycles. The van der Waals surface area contributed by atoms with Gasteiger partial charge in [0.1, 0.15) is 5.82 Å². The summed E-state index contributed by atoms with van der Waals surface area (Å²) in [5.74, 6) is -0.585. The molecule has 0 aliphatic rings. The van der Waals surface area contributed by atoms with Gasteiger partial charge in [-0.3, -0.25) is 4.90 Å². The quantitative estimate of drug-likeness (QED) is 0.710. The van der Waals surface area contributed by atoms with Gasteiger partial charge in [0.25, 0.3) is 0 Å². The first-order valence-electron chi connectivity index (χ1n) is 5.45. The fourth-order valence-corrected chi connectivity index (χ4v) is 1.59. The van der Waals surface area contributed by atoms with E-state index in [1.807, 2.05) is 0 Å². The minimum absolute atomic E-state index is 0.0651. The van der Waals surface area contributed by atoms with Crippen LogP contribution in [0.25, 0.3) is 0 Å². The molecule has 0 aliphatic heterocycles. The molecule has 1 aromatic rings. The molecule has 0 amide bonds. The predicted octanol–water partition coefficient (Wildman–Crippen LogP) is 0.347. The average molecular weight is 225 g/mol. The summed E-state index contributed by atoms with van der Waals surface area (Å²) >= 11 is 0. The van der Waals surface area contributed by atoms with E-state index in [9.17, 15) is 4.39 Å². The summed E-state index contributed by atoms with van der Waals surface area (Å²) in [5.41, 5.74) is 0.817. The van der Waals surface area contributed by atoms with Crippen molar-refractivity contribution in [1.29, 1.82) is 0 Å². The van der Waals surface area contributed by atoms with Crippen LogP contribution < -0.4 is 5.46 Å². The van der Waals surface area contributed by atoms with Crippen molar-refractivity contribution in [3.05, 3.63) is 29.6 Å². The van der Waals surface area contributed by atoms with Crippen LogP contribution in [-0.4, -0.2) is 35.2 Å². The lowest BCUT2D eigenvalue weighted by atomic mass is 9.79. The first-order valence-corrected chi connectivity index (χ1v) is 5.45. The van der Waals surface area contributed by atoms with Crippen LogP contribution in [0.1, 0.15) is 19.4 Å². The topological polar surface area (TPSA) is 43.7 Å². The molecule has 3 nitrogen and oxygen atoms in total. The maximum Gasteiger partial charge on any atom is 0.491 e. The molecule has 0 spiro atoms. The summed E-state index contributed by atoms with van der Waals surface area (Å²) in [6.07, 6.45) is 0. The fraction of sp³-hybridized carbons (Fsp3) is 0.455. The van der Waals surface area contributed by atoms with Gasteiger partial charge in [-0.2, -0.15) is 0 Å². The Balaban J connectivity index is 2.86. The van der Waals surface area contributed by atoms with Crippen LogP contribution in [0.2, 0.25) is 0 Å². The van der Waals surface area contributed by atoms with E-state index in [2.05, 4.69) is 18.7 Å². The van der Waals surface area contributed by atoms with Gasteiger partial charge in [-0.25, -0.2) is 4.39 Å². The van der Waals surface area contributed by atoms with Gasteiger partial charge >= 0.3 is 7.12 Å². The van der Waals surface area contributed by atoms with Crippen molar-refractivity contribution in [2.45, 2.75) is 20.4 Å². The molecule has 0 unspecified atom stereocenters. The minimum Gasteiger partial charge on any atom is -0.423 e. The molecule has 2 N–H and O–H groups in total. The third kappa shape index (κ3) is 3.30. The zero-order valence-electron chi connectivity index (χ0n) is 9.65. The molecule has 1 aromatic carbocycles. The number of benzene rings is 1. The Kier molecular flexibility index (Phi) is 4.92. The van der Waals surface area contributed by atoms with Crippen LogP contribution in [0, 0.1) is 5.82 Å². The van der Waals surface area contributed by atoms with Gasteiger partial charge in [0, 0.05) is 12.0 Å². The standard InChI is InChI=1S/C11H17BFNO2/c1-3-14(4-2)8-9-5-6-11(13)10(7-9)12(15)16/h5-7,15-16H,3-4,8H2,1-2H3. The van der Waals surface area contributed by atoms with E-state index in [4.69, 9.17) is 10.0 Å². The van der Waals surface area contributed by atoms with Crippen molar-refractivity contribution in [3.63, 3.8) is 0 Å². The summed E-state index contributed by atoms with van der Waals surface area (Å²) in [6.45, 7) is 6.60. The predicted molar refractivity (Wildman–Crippen MR) is 62.9 cm³/mol. The summed E-state index contributed by atoms with van der Waals surface area (Å²) in [4.78, 5) is 2.17. The van der Waals surface area contributed by atoms with Crippen LogP contribution in [0.15, 0.2) is 18.2 Å². The van der Waals surface area contributed by atoms with Crippen LogP contribution in [0.4, 0.5) is 4.39 Å². The maximum atomic E-state index is 13.2. The van der Waals surface area contributed by atoms with Crippen LogP contribution in [0.3, 0.4) is 0 Å². The van der Waals surface area contributed by atoms with Crippen molar-refractivity contribution >= 4 is 12.6 Å². The molecule has 0 aromatic heterocycles. The van der Waals surface area contributed by atoms with E-state index in [1.165, 1.54) is 12.1 Å². The Bertz CT molecular complexity index is 343. The van der Waals surface area contributed by atoms with E-state index in [0.717, 1.165) is 18.7 Å². The molecule has 88 valence electrons. The SMILES string of the molecule is CCN(CC)Cc1ccc(F)c(B(O)O)c1. The van der Waals surface area contributed by atoms with Gasteiger partial charge in [-0.1, -0.05) is 26.0 Å². The number of hydrogen-bond donors (Lipinski definition) is 2. The molecule has 16 heavy (non-hydrogen) atoms. The van der Waals surface area contributed by atoms with Gasteiger partial charge in [-0.05, 0) is 24.7 Å². The fourth-order valence-electron chi connectivity index (χ4n) is 1.59. The van der Waals surface area contributed by atoms with Gasteiger partial charge in [0.15, 0.2) is 0 Å². The average Bonchev–Trinajstić information content (AvgIpc) is 2.27. The zero-order valence-corrected chi connectivity index (χ0v) is 9.65. The highest BCUT2D eigenvalue weighted by Gasteiger charge is 2.17. The molecular formula is C11H17BFNO2. The Labute approximate surface area is 95.7 Å². The maximum absolute atomic E-state index is 13.2. The molecular weight excluding hydrogens is 208 g/mol. The lowest BCUT2D eigenvalue weighted by Gasteiger charge is -2.18. The molecule has 1 rings (SSSR count). The molecule has 0 bridgehead atoms. The Morgan fingerprint density at radius 1 is 1.25 bits per heavy atom. The number of hydrogen-bond acceptors (Lipinski definition) is 3. The number of rotatable bonds is 5.